The highest BCUT2D eigenvalue weighted by Gasteiger charge is 2.17. The largest absolute Gasteiger partial charge is 0.316 e. The van der Waals surface area contributed by atoms with Crippen LogP contribution >= 0.6 is 11.6 Å². The van der Waals surface area contributed by atoms with Crippen LogP contribution in [0.1, 0.15) is 11.1 Å². The van der Waals surface area contributed by atoms with Gasteiger partial charge in [-0.15, -0.1) is 0 Å². The molecule has 0 amide bonds. The van der Waals surface area contributed by atoms with Crippen molar-refractivity contribution in [2.24, 2.45) is 5.92 Å². The van der Waals surface area contributed by atoms with Crippen LogP contribution in [0.15, 0.2) is 18.2 Å². The molecule has 0 unspecified atom stereocenters. The third kappa shape index (κ3) is 2.04. The second-order valence-electron chi connectivity index (χ2n) is 3.82. The summed E-state index contributed by atoms with van der Waals surface area (Å²) in [4.78, 5) is 0. The Hall–Kier alpha value is -0.530. The molecule has 0 radical (unpaired) electrons. The van der Waals surface area contributed by atoms with E-state index in [4.69, 9.17) is 11.6 Å². The van der Waals surface area contributed by atoms with Crippen LogP contribution in [0, 0.1) is 12.8 Å². The van der Waals surface area contributed by atoms with Crippen molar-refractivity contribution in [2.45, 2.75) is 13.3 Å². The summed E-state index contributed by atoms with van der Waals surface area (Å²) in [6, 6.07) is 6.25. The van der Waals surface area contributed by atoms with Gasteiger partial charge < -0.3 is 5.32 Å². The molecule has 0 bridgehead atoms. The normalized spacial score (nSPS) is 17.1. The van der Waals surface area contributed by atoms with Crippen LogP contribution in [-0.4, -0.2) is 13.1 Å². The van der Waals surface area contributed by atoms with Gasteiger partial charge in [0.15, 0.2) is 0 Å². The Morgan fingerprint density at radius 3 is 2.85 bits per heavy atom. The Balaban J connectivity index is 2.13. The Morgan fingerprint density at radius 1 is 1.46 bits per heavy atom. The Kier molecular flexibility index (Phi) is 2.56. The van der Waals surface area contributed by atoms with Crippen molar-refractivity contribution in [3.63, 3.8) is 0 Å². The van der Waals surface area contributed by atoms with Gasteiger partial charge in [-0.2, -0.15) is 0 Å². The first-order chi connectivity index (χ1) is 6.25. The molecule has 0 atom stereocenters. The summed E-state index contributed by atoms with van der Waals surface area (Å²) in [6.45, 7) is 4.40. The molecule has 1 aliphatic rings. The molecule has 0 aliphatic carbocycles. The van der Waals surface area contributed by atoms with Crippen molar-refractivity contribution >= 4 is 11.6 Å². The summed E-state index contributed by atoms with van der Waals surface area (Å²) >= 11 is 6.10. The highest BCUT2D eigenvalue weighted by Crippen LogP contribution is 2.21. The first-order valence-electron chi connectivity index (χ1n) is 4.71. The van der Waals surface area contributed by atoms with Gasteiger partial charge in [-0.25, -0.2) is 0 Å². The Morgan fingerprint density at radius 2 is 2.23 bits per heavy atom. The van der Waals surface area contributed by atoms with E-state index < -0.39 is 0 Å². The van der Waals surface area contributed by atoms with E-state index in [1.807, 2.05) is 6.07 Å². The highest BCUT2D eigenvalue weighted by molar-refractivity contribution is 6.31. The van der Waals surface area contributed by atoms with E-state index in [0.717, 1.165) is 30.5 Å². The standard InChI is InChI=1S/C11H14ClN/c1-8-2-3-11(12)10(4-8)5-9-6-13-7-9/h2-4,9,13H,5-7H2,1H3. The van der Waals surface area contributed by atoms with Gasteiger partial charge in [0.1, 0.15) is 0 Å². The van der Waals surface area contributed by atoms with E-state index in [1.165, 1.54) is 11.1 Å². The summed E-state index contributed by atoms with van der Waals surface area (Å²) in [5.74, 6) is 0.791. The van der Waals surface area contributed by atoms with Crippen molar-refractivity contribution in [3.8, 4) is 0 Å². The number of hydrogen-bond donors (Lipinski definition) is 1. The maximum atomic E-state index is 6.10. The Labute approximate surface area is 84.1 Å². The molecule has 13 heavy (non-hydrogen) atoms. The molecule has 1 N–H and O–H groups in total. The zero-order valence-electron chi connectivity index (χ0n) is 7.81. The fraction of sp³-hybridized carbons (Fsp3) is 0.455. The van der Waals surface area contributed by atoms with Gasteiger partial charge in [0.25, 0.3) is 0 Å². The van der Waals surface area contributed by atoms with Crippen molar-refractivity contribution < 1.29 is 0 Å². The molecule has 1 aliphatic heterocycles. The predicted octanol–water partition coefficient (Wildman–Crippen LogP) is 2.41. The van der Waals surface area contributed by atoms with Gasteiger partial charge in [0, 0.05) is 5.02 Å². The molecule has 0 aromatic heterocycles. The second-order valence-corrected chi connectivity index (χ2v) is 4.23. The summed E-state index contributed by atoms with van der Waals surface area (Å²) in [7, 11) is 0. The van der Waals surface area contributed by atoms with Crippen molar-refractivity contribution in [3.05, 3.63) is 34.3 Å². The number of hydrogen-bond acceptors (Lipinski definition) is 1. The van der Waals surface area contributed by atoms with Crippen LogP contribution in [0.3, 0.4) is 0 Å². The molecular formula is C11H14ClN. The van der Waals surface area contributed by atoms with E-state index in [2.05, 4.69) is 24.4 Å². The van der Waals surface area contributed by atoms with E-state index >= 15 is 0 Å². The van der Waals surface area contributed by atoms with Gasteiger partial charge in [-0.1, -0.05) is 29.3 Å². The molecule has 1 saturated heterocycles. The molecule has 0 spiro atoms. The smallest absolute Gasteiger partial charge is 0.0438 e. The molecule has 70 valence electrons. The first-order valence-corrected chi connectivity index (χ1v) is 5.09. The summed E-state index contributed by atoms with van der Waals surface area (Å²) in [5, 5.41) is 4.19. The SMILES string of the molecule is Cc1ccc(Cl)c(CC2CNC2)c1. The molecule has 2 heteroatoms. The van der Waals surface area contributed by atoms with Crippen LogP contribution in [0.5, 0.6) is 0 Å². The molecule has 1 heterocycles. The van der Waals surface area contributed by atoms with Crippen LogP contribution in [0.4, 0.5) is 0 Å². The third-order valence-corrected chi connectivity index (χ3v) is 2.94. The topological polar surface area (TPSA) is 12.0 Å². The average Bonchev–Trinajstić information content (AvgIpc) is 2.03. The minimum Gasteiger partial charge on any atom is -0.316 e. The van der Waals surface area contributed by atoms with Gasteiger partial charge in [0.05, 0.1) is 0 Å². The predicted molar refractivity (Wildman–Crippen MR) is 56.3 cm³/mol. The van der Waals surface area contributed by atoms with E-state index in [0.29, 0.717) is 0 Å². The lowest BCUT2D eigenvalue weighted by molar-refractivity contribution is 0.346. The maximum Gasteiger partial charge on any atom is 0.0438 e. The molecule has 0 saturated carbocycles. The lowest BCUT2D eigenvalue weighted by Gasteiger charge is -2.27. The maximum absolute atomic E-state index is 6.10. The second kappa shape index (κ2) is 3.69. The summed E-state index contributed by atoms with van der Waals surface area (Å²) in [6.07, 6.45) is 1.12. The van der Waals surface area contributed by atoms with Gasteiger partial charge in [-0.3, -0.25) is 0 Å². The van der Waals surface area contributed by atoms with E-state index in [1.54, 1.807) is 0 Å². The quantitative estimate of drug-likeness (QED) is 0.765. The van der Waals surface area contributed by atoms with E-state index in [-0.39, 0.29) is 0 Å². The zero-order chi connectivity index (χ0) is 9.26. The molecule has 2 rings (SSSR count). The molecular weight excluding hydrogens is 182 g/mol. The van der Waals surface area contributed by atoms with Crippen LogP contribution in [0.2, 0.25) is 5.02 Å². The van der Waals surface area contributed by atoms with Crippen molar-refractivity contribution in [1.29, 1.82) is 0 Å². The minimum absolute atomic E-state index is 0.791. The van der Waals surface area contributed by atoms with Gasteiger partial charge >= 0.3 is 0 Å². The van der Waals surface area contributed by atoms with Crippen molar-refractivity contribution in [1.82, 2.24) is 5.32 Å². The van der Waals surface area contributed by atoms with Crippen LogP contribution in [0.25, 0.3) is 0 Å². The summed E-state index contributed by atoms with van der Waals surface area (Å²) < 4.78 is 0. The lowest BCUT2D eigenvalue weighted by atomic mass is 9.94. The number of rotatable bonds is 2. The fourth-order valence-corrected chi connectivity index (χ4v) is 1.86. The molecule has 1 nitrogen and oxygen atoms in total. The van der Waals surface area contributed by atoms with E-state index in [9.17, 15) is 0 Å². The number of aryl methyl sites for hydroxylation is 1. The van der Waals surface area contributed by atoms with Crippen LogP contribution in [-0.2, 0) is 6.42 Å². The lowest BCUT2D eigenvalue weighted by Crippen LogP contribution is -2.43. The van der Waals surface area contributed by atoms with Crippen LogP contribution < -0.4 is 5.32 Å². The highest BCUT2D eigenvalue weighted by atomic mass is 35.5. The van der Waals surface area contributed by atoms with Gasteiger partial charge in [-0.05, 0) is 44.0 Å². The zero-order valence-corrected chi connectivity index (χ0v) is 8.56. The van der Waals surface area contributed by atoms with Gasteiger partial charge in [0.2, 0.25) is 0 Å². The monoisotopic (exact) mass is 195 g/mol. The number of benzene rings is 1. The third-order valence-electron chi connectivity index (χ3n) is 2.58. The molecule has 1 fully saturated rings. The first kappa shape index (κ1) is 9.04. The fourth-order valence-electron chi connectivity index (χ4n) is 1.66. The van der Waals surface area contributed by atoms with Crippen molar-refractivity contribution in [2.75, 3.05) is 13.1 Å². The summed E-state index contributed by atoms with van der Waals surface area (Å²) in [5.41, 5.74) is 2.60. The minimum atomic E-state index is 0.791. The molecule has 1 aromatic carbocycles. The molecule has 1 aromatic rings. The number of nitrogens with one attached hydrogen (secondary N) is 1. The Bertz CT molecular complexity index is 305. The average molecular weight is 196 g/mol. The number of halogens is 1.